The van der Waals surface area contributed by atoms with Gasteiger partial charge < -0.3 is 16.0 Å². The number of rotatable bonds is 7. The van der Waals surface area contributed by atoms with Gasteiger partial charge >= 0.3 is 0 Å². The van der Waals surface area contributed by atoms with Crippen molar-refractivity contribution in [1.29, 1.82) is 0 Å². The molecular formula is C16H30N4O. The molecule has 2 aliphatic rings. The second kappa shape index (κ2) is 9.18. The third-order valence-electron chi connectivity index (χ3n) is 4.39. The number of nitrogens with one attached hydrogen (secondary N) is 3. The van der Waals surface area contributed by atoms with Gasteiger partial charge in [-0.3, -0.25) is 9.69 Å². The van der Waals surface area contributed by atoms with Gasteiger partial charge in [-0.05, 0) is 39.3 Å². The molecule has 0 aromatic rings. The highest BCUT2D eigenvalue weighted by molar-refractivity contribution is 5.76. The number of carbonyl (C=O) groups excluding carboxylic acids is 1. The Hall–Kier alpha value is -0.910. The molecule has 120 valence electrons. The quantitative estimate of drug-likeness (QED) is 0.472. The van der Waals surface area contributed by atoms with Gasteiger partial charge in [0.1, 0.15) is 0 Å². The maximum absolute atomic E-state index is 11.9. The minimum Gasteiger partial charge on any atom is -0.350 e. The van der Waals surface area contributed by atoms with Crippen LogP contribution >= 0.6 is 0 Å². The number of nitrogens with zero attached hydrogens (tertiary/aromatic N) is 1. The molecule has 1 amide bonds. The molecule has 1 aliphatic carbocycles. The van der Waals surface area contributed by atoms with Crippen LogP contribution in [0.4, 0.5) is 0 Å². The van der Waals surface area contributed by atoms with Crippen LogP contribution < -0.4 is 16.0 Å². The molecule has 2 atom stereocenters. The van der Waals surface area contributed by atoms with Crippen molar-refractivity contribution >= 4 is 5.91 Å². The Balaban J connectivity index is 1.66. The zero-order valence-corrected chi connectivity index (χ0v) is 13.2. The molecule has 1 saturated heterocycles. The number of carbonyl (C=O) groups is 1. The van der Waals surface area contributed by atoms with E-state index in [4.69, 9.17) is 0 Å². The van der Waals surface area contributed by atoms with Crippen LogP contribution in [0.1, 0.15) is 32.1 Å². The zero-order valence-electron chi connectivity index (χ0n) is 13.2. The first kappa shape index (κ1) is 16.5. The Morgan fingerprint density at radius 3 is 2.71 bits per heavy atom. The summed E-state index contributed by atoms with van der Waals surface area (Å²) in [6.45, 7) is 5.45. The zero-order chi connectivity index (χ0) is 14.9. The lowest BCUT2D eigenvalue weighted by molar-refractivity contribution is -0.121. The van der Waals surface area contributed by atoms with E-state index in [1.807, 2.05) is 7.05 Å². The van der Waals surface area contributed by atoms with Crippen LogP contribution in [0.3, 0.4) is 0 Å². The van der Waals surface area contributed by atoms with Crippen molar-refractivity contribution < 1.29 is 4.79 Å². The van der Waals surface area contributed by atoms with Gasteiger partial charge in [-0.2, -0.15) is 0 Å². The third kappa shape index (κ3) is 5.77. The summed E-state index contributed by atoms with van der Waals surface area (Å²) in [5, 5.41) is 9.64. The Morgan fingerprint density at radius 2 is 2.05 bits per heavy atom. The van der Waals surface area contributed by atoms with Gasteiger partial charge in [-0.25, -0.2) is 0 Å². The fourth-order valence-corrected chi connectivity index (χ4v) is 3.11. The van der Waals surface area contributed by atoms with Crippen molar-refractivity contribution in [3.05, 3.63) is 12.2 Å². The van der Waals surface area contributed by atoms with E-state index in [9.17, 15) is 4.79 Å². The summed E-state index contributed by atoms with van der Waals surface area (Å²) in [7, 11) is 1.95. The van der Waals surface area contributed by atoms with E-state index in [1.54, 1.807) is 0 Å². The second-order valence-electron chi connectivity index (χ2n) is 6.05. The molecule has 0 aromatic carbocycles. The molecule has 2 rings (SSSR count). The minimum atomic E-state index is 0.196. The minimum absolute atomic E-state index is 0.196. The maximum Gasteiger partial charge on any atom is 0.220 e. The highest BCUT2D eigenvalue weighted by atomic mass is 16.1. The lowest BCUT2D eigenvalue weighted by atomic mass is 9.96. The summed E-state index contributed by atoms with van der Waals surface area (Å²) >= 11 is 0. The van der Waals surface area contributed by atoms with Crippen molar-refractivity contribution in [1.82, 2.24) is 20.9 Å². The average Bonchev–Trinajstić information content (AvgIpc) is 2.53. The molecule has 0 aromatic heterocycles. The Bertz CT molecular complexity index is 339. The van der Waals surface area contributed by atoms with Gasteiger partial charge in [0.05, 0.1) is 0 Å². The van der Waals surface area contributed by atoms with E-state index in [1.165, 1.54) is 0 Å². The van der Waals surface area contributed by atoms with Gasteiger partial charge in [0.15, 0.2) is 0 Å². The highest BCUT2D eigenvalue weighted by Crippen LogP contribution is 2.17. The Morgan fingerprint density at radius 1 is 1.24 bits per heavy atom. The summed E-state index contributed by atoms with van der Waals surface area (Å²) in [6.07, 6.45) is 9.38. The number of piperazine rings is 1. The number of hydrogen-bond donors (Lipinski definition) is 3. The van der Waals surface area contributed by atoms with Crippen molar-refractivity contribution in [3.63, 3.8) is 0 Å². The van der Waals surface area contributed by atoms with Gasteiger partial charge in [0.2, 0.25) is 5.91 Å². The highest BCUT2D eigenvalue weighted by Gasteiger charge is 2.23. The van der Waals surface area contributed by atoms with Gasteiger partial charge in [-0.15, -0.1) is 0 Å². The molecule has 5 nitrogen and oxygen atoms in total. The monoisotopic (exact) mass is 294 g/mol. The molecule has 0 bridgehead atoms. The molecule has 0 radical (unpaired) electrons. The summed E-state index contributed by atoms with van der Waals surface area (Å²) in [6, 6.07) is 0.803. The van der Waals surface area contributed by atoms with Gasteiger partial charge in [0, 0.05) is 44.7 Å². The predicted octanol–water partition coefficient (Wildman–Crippen LogP) is 0.485. The first-order valence-corrected chi connectivity index (χ1v) is 8.36. The average molecular weight is 294 g/mol. The van der Waals surface area contributed by atoms with Crippen LogP contribution in [0.15, 0.2) is 12.2 Å². The van der Waals surface area contributed by atoms with E-state index in [0.29, 0.717) is 12.5 Å². The fraction of sp³-hybridized carbons (Fsp3) is 0.812. The summed E-state index contributed by atoms with van der Waals surface area (Å²) in [4.78, 5) is 14.4. The van der Waals surface area contributed by atoms with Gasteiger partial charge in [-0.1, -0.05) is 12.2 Å². The van der Waals surface area contributed by atoms with Crippen LogP contribution in [-0.2, 0) is 4.79 Å². The first-order chi connectivity index (χ1) is 10.3. The second-order valence-corrected chi connectivity index (χ2v) is 6.05. The van der Waals surface area contributed by atoms with Crippen LogP contribution in [0.2, 0.25) is 0 Å². The van der Waals surface area contributed by atoms with Crippen molar-refractivity contribution in [2.45, 2.75) is 44.2 Å². The fourth-order valence-electron chi connectivity index (χ4n) is 3.11. The third-order valence-corrected chi connectivity index (χ3v) is 4.39. The largest absolute Gasteiger partial charge is 0.350 e. The standard InChI is InChI=1S/C16H30N4O/c1-17-9-3-2-4-16(21)19-14-5-7-15(8-6-14)20-12-10-18-11-13-20/h5,7,14-15,17-18H,2-4,6,8-13H2,1H3,(H,19,21)/t14?,15-/m1/s1. The normalized spacial score (nSPS) is 26.7. The smallest absolute Gasteiger partial charge is 0.220 e. The molecule has 3 N–H and O–H groups in total. The topological polar surface area (TPSA) is 56.4 Å². The molecular weight excluding hydrogens is 264 g/mol. The van der Waals surface area contributed by atoms with E-state index in [0.717, 1.165) is 58.4 Å². The summed E-state index contributed by atoms with van der Waals surface area (Å²) in [5.41, 5.74) is 0. The Kier molecular flexibility index (Phi) is 7.19. The SMILES string of the molecule is CNCCCCC(=O)NC1C=C[C@@H](N2CCNCC2)CC1. The molecule has 21 heavy (non-hydrogen) atoms. The number of hydrogen-bond acceptors (Lipinski definition) is 4. The molecule has 0 spiro atoms. The van der Waals surface area contributed by atoms with Crippen LogP contribution in [0.5, 0.6) is 0 Å². The lowest BCUT2D eigenvalue weighted by Crippen LogP contribution is -2.49. The number of amides is 1. The molecule has 1 unspecified atom stereocenters. The van der Waals surface area contributed by atoms with Crippen LogP contribution in [-0.4, -0.2) is 62.7 Å². The Labute approximate surface area is 128 Å². The number of unbranched alkanes of at least 4 members (excludes halogenated alkanes) is 1. The summed E-state index contributed by atoms with van der Waals surface area (Å²) < 4.78 is 0. The lowest BCUT2D eigenvalue weighted by Gasteiger charge is -2.36. The molecule has 5 heteroatoms. The molecule has 1 fully saturated rings. The first-order valence-electron chi connectivity index (χ1n) is 8.36. The van der Waals surface area contributed by atoms with Crippen molar-refractivity contribution in [3.8, 4) is 0 Å². The predicted molar refractivity (Wildman–Crippen MR) is 86.3 cm³/mol. The summed E-state index contributed by atoms with van der Waals surface area (Å²) in [5.74, 6) is 0.196. The molecule has 1 aliphatic heterocycles. The van der Waals surface area contributed by atoms with E-state index < -0.39 is 0 Å². The van der Waals surface area contributed by atoms with E-state index >= 15 is 0 Å². The van der Waals surface area contributed by atoms with E-state index in [-0.39, 0.29) is 11.9 Å². The van der Waals surface area contributed by atoms with Gasteiger partial charge in [0.25, 0.3) is 0 Å². The molecule has 1 heterocycles. The maximum atomic E-state index is 11.9. The van der Waals surface area contributed by atoms with Crippen molar-refractivity contribution in [2.24, 2.45) is 0 Å². The van der Waals surface area contributed by atoms with E-state index in [2.05, 4.69) is 33.0 Å². The van der Waals surface area contributed by atoms with Crippen molar-refractivity contribution in [2.75, 3.05) is 39.8 Å². The van der Waals surface area contributed by atoms with Crippen LogP contribution in [0.25, 0.3) is 0 Å². The van der Waals surface area contributed by atoms with Crippen LogP contribution in [0, 0.1) is 0 Å². The molecule has 0 saturated carbocycles.